The van der Waals surface area contributed by atoms with Crippen molar-refractivity contribution in [2.75, 3.05) is 13.2 Å². The minimum absolute atomic E-state index is 0.0175. The Hall–Kier alpha value is -2.58. The molecule has 2 aromatic carbocycles. The number of ether oxygens (including phenoxy) is 2. The summed E-state index contributed by atoms with van der Waals surface area (Å²) in [4.78, 5) is 24.2. The van der Waals surface area contributed by atoms with Crippen LogP contribution in [0.25, 0.3) is 0 Å². The molecule has 32 heavy (non-hydrogen) atoms. The number of benzene rings is 2. The van der Waals surface area contributed by atoms with Crippen LogP contribution in [0, 0.1) is 11.6 Å². The van der Waals surface area contributed by atoms with Crippen LogP contribution < -0.4 is 20.1 Å². The Balaban J connectivity index is 1.33. The smallest absolute Gasteiger partial charge is 0.258 e. The van der Waals surface area contributed by atoms with E-state index in [1.807, 2.05) is 0 Å². The van der Waals surface area contributed by atoms with Gasteiger partial charge in [-0.3, -0.25) is 9.59 Å². The van der Waals surface area contributed by atoms with E-state index in [9.17, 15) is 18.4 Å². The molecule has 10 heteroatoms. The van der Waals surface area contributed by atoms with Crippen molar-refractivity contribution in [2.45, 2.75) is 37.8 Å². The molecule has 1 aliphatic carbocycles. The number of hydrogen-bond acceptors (Lipinski definition) is 4. The van der Waals surface area contributed by atoms with Gasteiger partial charge in [-0.2, -0.15) is 0 Å². The SMILES string of the molecule is O=C(COc1ccc(Cl)c(F)c1)NC1CCC(NC(=O)COc2ccc(Cl)c(F)c2)CC1. The van der Waals surface area contributed by atoms with Crippen LogP contribution >= 0.6 is 23.2 Å². The molecule has 0 atom stereocenters. The summed E-state index contributed by atoms with van der Waals surface area (Å²) >= 11 is 11.2. The number of halogens is 4. The highest BCUT2D eigenvalue weighted by Gasteiger charge is 2.24. The fourth-order valence-electron chi connectivity index (χ4n) is 3.35. The molecule has 2 N–H and O–H groups in total. The number of carbonyl (C=O) groups excluding carboxylic acids is 2. The Labute approximate surface area is 194 Å². The van der Waals surface area contributed by atoms with Crippen LogP contribution in [0.15, 0.2) is 36.4 Å². The normalized spacial score (nSPS) is 18.0. The maximum Gasteiger partial charge on any atom is 0.258 e. The van der Waals surface area contributed by atoms with Gasteiger partial charge in [0.2, 0.25) is 0 Å². The first-order valence-electron chi connectivity index (χ1n) is 10.0. The van der Waals surface area contributed by atoms with E-state index in [1.54, 1.807) is 0 Å². The predicted octanol–water partition coefficient (Wildman–Crippen LogP) is 4.27. The van der Waals surface area contributed by atoms with Crippen LogP contribution in [-0.2, 0) is 9.59 Å². The van der Waals surface area contributed by atoms with Gasteiger partial charge < -0.3 is 20.1 Å². The maximum absolute atomic E-state index is 13.4. The zero-order chi connectivity index (χ0) is 23.1. The van der Waals surface area contributed by atoms with Gasteiger partial charge >= 0.3 is 0 Å². The average molecular weight is 487 g/mol. The van der Waals surface area contributed by atoms with E-state index >= 15 is 0 Å². The van der Waals surface area contributed by atoms with Gasteiger partial charge in [0, 0.05) is 24.2 Å². The van der Waals surface area contributed by atoms with Crippen molar-refractivity contribution < 1.29 is 27.8 Å². The highest BCUT2D eigenvalue weighted by Crippen LogP contribution is 2.22. The van der Waals surface area contributed by atoms with Gasteiger partial charge in [0.25, 0.3) is 11.8 Å². The molecule has 0 heterocycles. The molecular formula is C22H22Cl2F2N2O4. The second-order valence-electron chi connectivity index (χ2n) is 7.41. The molecule has 6 nitrogen and oxygen atoms in total. The van der Waals surface area contributed by atoms with Gasteiger partial charge in [0.15, 0.2) is 13.2 Å². The van der Waals surface area contributed by atoms with Crippen LogP contribution in [0.2, 0.25) is 10.0 Å². The second kappa shape index (κ2) is 11.3. The van der Waals surface area contributed by atoms with E-state index in [4.69, 9.17) is 32.7 Å². The number of hydrogen-bond donors (Lipinski definition) is 2. The first-order chi connectivity index (χ1) is 15.3. The molecule has 3 rings (SSSR count). The lowest BCUT2D eigenvalue weighted by Crippen LogP contribution is -2.45. The quantitative estimate of drug-likeness (QED) is 0.583. The zero-order valence-corrected chi connectivity index (χ0v) is 18.5. The predicted molar refractivity (Wildman–Crippen MR) is 116 cm³/mol. The summed E-state index contributed by atoms with van der Waals surface area (Å²) in [5.41, 5.74) is 0. The molecule has 2 aromatic rings. The van der Waals surface area contributed by atoms with Gasteiger partial charge in [-0.15, -0.1) is 0 Å². The number of carbonyl (C=O) groups is 2. The minimum Gasteiger partial charge on any atom is -0.484 e. The molecule has 1 aliphatic rings. The molecular weight excluding hydrogens is 465 g/mol. The molecule has 0 radical (unpaired) electrons. The Kier molecular flexibility index (Phi) is 8.53. The Morgan fingerprint density at radius 1 is 0.781 bits per heavy atom. The molecule has 0 saturated heterocycles. The molecule has 1 fully saturated rings. The third kappa shape index (κ3) is 7.24. The molecule has 2 amide bonds. The average Bonchev–Trinajstić information content (AvgIpc) is 2.77. The molecule has 172 valence electrons. The van der Waals surface area contributed by atoms with Crippen LogP contribution in [0.5, 0.6) is 11.5 Å². The van der Waals surface area contributed by atoms with Gasteiger partial charge in [-0.25, -0.2) is 8.78 Å². The topological polar surface area (TPSA) is 76.7 Å². The van der Waals surface area contributed by atoms with E-state index in [-0.39, 0.29) is 58.7 Å². The van der Waals surface area contributed by atoms with Gasteiger partial charge in [-0.05, 0) is 49.9 Å². The lowest BCUT2D eigenvalue weighted by Gasteiger charge is -2.29. The van der Waals surface area contributed by atoms with E-state index in [0.29, 0.717) is 25.7 Å². The van der Waals surface area contributed by atoms with Crippen LogP contribution in [0.3, 0.4) is 0 Å². The van der Waals surface area contributed by atoms with Crippen LogP contribution in [0.4, 0.5) is 8.78 Å². The summed E-state index contributed by atoms with van der Waals surface area (Å²) in [5, 5.41) is 5.72. The largest absolute Gasteiger partial charge is 0.484 e. The number of nitrogens with one attached hydrogen (secondary N) is 2. The van der Waals surface area contributed by atoms with Crippen LogP contribution in [0.1, 0.15) is 25.7 Å². The molecule has 0 bridgehead atoms. The highest BCUT2D eigenvalue weighted by atomic mass is 35.5. The van der Waals surface area contributed by atoms with E-state index in [2.05, 4.69) is 10.6 Å². The van der Waals surface area contributed by atoms with E-state index < -0.39 is 11.6 Å². The highest BCUT2D eigenvalue weighted by molar-refractivity contribution is 6.31. The van der Waals surface area contributed by atoms with E-state index in [1.165, 1.54) is 24.3 Å². The molecule has 0 aliphatic heterocycles. The van der Waals surface area contributed by atoms with Crippen molar-refractivity contribution in [3.8, 4) is 11.5 Å². The van der Waals surface area contributed by atoms with Gasteiger partial charge in [-0.1, -0.05) is 23.2 Å². The lowest BCUT2D eigenvalue weighted by molar-refractivity contribution is -0.125. The fraction of sp³-hybridized carbons (Fsp3) is 0.364. The van der Waals surface area contributed by atoms with Gasteiger partial charge in [0.1, 0.15) is 23.1 Å². The Bertz CT molecular complexity index is 891. The Morgan fingerprint density at radius 2 is 1.16 bits per heavy atom. The summed E-state index contributed by atoms with van der Waals surface area (Å²) in [7, 11) is 0. The number of amides is 2. The third-order valence-electron chi connectivity index (χ3n) is 4.98. The molecule has 1 saturated carbocycles. The minimum atomic E-state index is -0.615. The van der Waals surface area contributed by atoms with Crippen LogP contribution in [-0.4, -0.2) is 37.1 Å². The first kappa shape index (κ1) is 24.1. The van der Waals surface area contributed by atoms with Crippen molar-refractivity contribution in [1.82, 2.24) is 10.6 Å². The van der Waals surface area contributed by atoms with Crippen molar-refractivity contribution >= 4 is 35.0 Å². The summed E-state index contributed by atoms with van der Waals surface area (Å²) in [6.45, 7) is -0.471. The fourth-order valence-corrected chi connectivity index (χ4v) is 3.59. The lowest BCUT2D eigenvalue weighted by atomic mass is 9.91. The number of rotatable bonds is 8. The maximum atomic E-state index is 13.4. The summed E-state index contributed by atoms with van der Waals surface area (Å²) in [6, 6.07) is 7.87. The summed E-state index contributed by atoms with van der Waals surface area (Å²) < 4.78 is 37.4. The third-order valence-corrected chi connectivity index (χ3v) is 5.59. The van der Waals surface area contributed by atoms with Crippen molar-refractivity contribution in [1.29, 1.82) is 0 Å². The zero-order valence-electron chi connectivity index (χ0n) is 17.0. The summed E-state index contributed by atoms with van der Waals surface area (Å²) in [5.74, 6) is -1.41. The Morgan fingerprint density at radius 3 is 1.50 bits per heavy atom. The molecule has 0 unspecified atom stereocenters. The molecule has 0 spiro atoms. The van der Waals surface area contributed by atoms with E-state index in [0.717, 1.165) is 12.1 Å². The van der Waals surface area contributed by atoms with Crippen molar-refractivity contribution in [3.63, 3.8) is 0 Å². The van der Waals surface area contributed by atoms with Crippen molar-refractivity contribution in [3.05, 3.63) is 58.1 Å². The molecule has 0 aromatic heterocycles. The monoisotopic (exact) mass is 486 g/mol. The first-order valence-corrected chi connectivity index (χ1v) is 10.8. The summed E-state index contributed by atoms with van der Waals surface area (Å²) in [6.07, 6.45) is 2.76. The second-order valence-corrected chi connectivity index (χ2v) is 8.23. The standard InChI is InChI=1S/C22H22Cl2F2N2O4/c23-17-7-5-15(9-19(17)25)31-11-21(29)27-13-1-2-14(4-3-13)28-22(30)12-32-16-6-8-18(24)20(26)10-16/h5-10,13-14H,1-4,11-12H2,(H,27,29)(H,28,30). The van der Waals surface area contributed by atoms with Gasteiger partial charge in [0.05, 0.1) is 10.0 Å². The van der Waals surface area contributed by atoms with Crippen molar-refractivity contribution in [2.24, 2.45) is 0 Å².